The zero-order valence-corrected chi connectivity index (χ0v) is 8.81. The van der Waals surface area contributed by atoms with E-state index >= 15 is 0 Å². The average Bonchev–Trinajstić information content (AvgIpc) is 2.24. The van der Waals surface area contributed by atoms with Crippen molar-refractivity contribution in [2.45, 2.75) is 31.3 Å². The summed E-state index contributed by atoms with van der Waals surface area (Å²) in [4.78, 5) is 10.8. The van der Waals surface area contributed by atoms with Gasteiger partial charge in [-0.25, -0.2) is 0 Å². The molecule has 0 spiro atoms. The Morgan fingerprint density at radius 2 is 1.73 bits per heavy atom. The lowest BCUT2D eigenvalue weighted by Crippen LogP contribution is -2.60. The van der Waals surface area contributed by atoms with Crippen LogP contribution in [-0.4, -0.2) is 57.8 Å². The summed E-state index contributed by atoms with van der Waals surface area (Å²) in [5.74, 6) is -1.06. The number of aliphatic hydroxyl groups is 3. The number of hydrogen-bond acceptors (Lipinski definition) is 5. The first-order chi connectivity index (χ1) is 7.05. The Labute approximate surface area is 88.5 Å². The van der Waals surface area contributed by atoms with Crippen LogP contribution in [0.3, 0.4) is 0 Å². The predicted octanol–water partition coefficient (Wildman–Crippen LogP) is -1.45. The van der Waals surface area contributed by atoms with Crippen LogP contribution < -0.4 is 5.32 Å². The molecule has 0 saturated carbocycles. The number of aliphatic hydroxyl groups excluding tert-OH is 3. The second-order valence-corrected chi connectivity index (χ2v) is 3.58. The van der Waals surface area contributed by atoms with Gasteiger partial charge in [0.2, 0.25) is 0 Å². The first-order valence-corrected chi connectivity index (χ1v) is 4.88. The first kappa shape index (κ1) is 14.3. The molecule has 0 rings (SSSR count). The van der Waals surface area contributed by atoms with Crippen LogP contribution in [0.1, 0.15) is 19.8 Å². The summed E-state index contributed by atoms with van der Waals surface area (Å²) in [6, 6.07) is -0.874. The molecule has 0 heterocycles. The molecule has 0 aliphatic rings. The molecule has 5 N–H and O–H groups in total. The normalized spacial score (nSPS) is 13.9. The molecule has 1 atom stereocenters. The average molecular weight is 221 g/mol. The van der Waals surface area contributed by atoms with Crippen molar-refractivity contribution in [2.75, 3.05) is 19.8 Å². The fraction of sp³-hybridized carbons (Fsp3) is 0.889. The van der Waals surface area contributed by atoms with Crippen LogP contribution in [0.25, 0.3) is 0 Å². The minimum absolute atomic E-state index is 0.372. The smallest absolute Gasteiger partial charge is 0.320 e. The number of nitrogens with one attached hydrogen (secondary N) is 1. The van der Waals surface area contributed by atoms with Gasteiger partial charge in [-0.1, -0.05) is 13.3 Å². The molecule has 0 amide bonds. The van der Waals surface area contributed by atoms with Gasteiger partial charge in [-0.3, -0.25) is 10.1 Å². The zero-order valence-electron chi connectivity index (χ0n) is 8.81. The van der Waals surface area contributed by atoms with Crippen LogP contribution in [-0.2, 0) is 4.79 Å². The second kappa shape index (κ2) is 6.73. The van der Waals surface area contributed by atoms with Crippen molar-refractivity contribution in [3.8, 4) is 0 Å². The highest BCUT2D eigenvalue weighted by Crippen LogP contribution is 2.07. The van der Waals surface area contributed by atoms with Crippen molar-refractivity contribution >= 4 is 5.97 Å². The molecule has 0 saturated heterocycles. The van der Waals surface area contributed by atoms with Crippen molar-refractivity contribution in [3.05, 3.63) is 0 Å². The molecule has 0 bridgehead atoms. The highest BCUT2D eigenvalue weighted by atomic mass is 16.4. The highest BCUT2D eigenvalue weighted by Gasteiger charge is 2.32. The maximum absolute atomic E-state index is 10.8. The molecular weight excluding hydrogens is 202 g/mol. The monoisotopic (exact) mass is 221 g/mol. The lowest BCUT2D eigenvalue weighted by atomic mass is 10.0. The third kappa shape index (κ3) is 4.13. The van der Waals surface area contributed by atoms with Crippen LogP contribution in [0.15, 0.2) is 0 Å². The molecule has 6 heteroatoms. The number of carbonyl (C=O) groups is 1. The Morgan fingerprint density at radius 3 is 2.00 bits per heavy atom. The molecular formula is C9H19NO5. The minimum Gasteiger partial charge on any atom is -0.480 e. The maximum atomic E-state index is 10.8. The van der Waals surface area contributed by atoms with Crippen molar-refractivity contribution < 1.29 is 25.2 Å². The van der Waals surface area contributed by atoms with E-state index in [4.69, 9.17) is 20.4 Å². The number of hydrogen-bond donors (Lipinski definition) is 5. The largest absolute Gasteiger partial charge is 0.480 e. The molecule has 0 aliphatic heterocycles. The fourth-order valence-electron chi connectivity index (χ4n) is 1.20. The van der Waals surface area contributed by atoms with E-state index in [0.29, 0.717) is 12.8 Å². The van der Waals surface area contributed by atoms with Gasteiger partial charge in [0.05, 0.1) is 25.4 Å². The SMILES string of the molecule is CCCC(NC(CO)(CO)CO)C(=O)O. The molecule has 0 aliphatic carbocycles. The Morgan fingerprint density at radius 1 is 1.27 bits per heavy atom. The fourth-order valence-corrected chi connectivity index (χ4v) is 1.20. The third-order valence-electron chi connectivity index (χ3n) is 2.26. The summed E-state index contributed by atoms with van der Waals surface area (Å²) in [5, 5.41) is 38.4. The Bertz CT molecular complexity index is 185. The van der Waals surface area contributed by atoms with E-state index < -0.39 is 37.4 Å². The van der Waals surface area contributed by atoms with Crippen LogP contribution in [0.5, 0.6) is 0 Å². The lowest BCUT2D eigenvalue weighted by Gasteiger charge is -2.32. The molecule has 6 nitrogen and oxygen atoms in total. The van der Waals surface area contributed by atoms with Gasteiger partial charge in [0.1, 0.15) is 6.04 Å². The van der Waals surface area contributed by atoms with Gasteiger partial charge in [-0.15, -0.1) is 0 Å². The van der Waals surface area contributed by atoms with Crippen LogP contribution >= 0.6 is 0 Å². The second-order valence-electron chi connectivity index (χ2n) is 3.58. The summed E-state index contributed by atoms with van der Waals surface area (Å²) < 4.78 is 0. The lowest BCUT2D eigenvalue weighted by molar-refractivity contribution is -0.141. The van der Waals surface area contributed by atoms with E-state index in [1.54, 1.807) is 0 Å². The molecule has 90 valence electrons. The van der Waals surface area contributed by atoms with Gasteiger partial charge in [0.25, 0.3) is 0 Å². The number of aliphatic carboxylic acids is 1. The summed E-state index contributed by atoms with van der Waals surface area (Å²) in [5.41, 5.74) is -1.34. The van der Waals surface area contributed by atoms with E-state index in [0.717, 1.165) is 0 Å². The molecule has 0 aromatic heterocycles. The standard InChI is InChI=1S/C9H19NO5/c1-2-3-7(8(14)15)10-9(4-11,5-12)6-13/h7,10-13H,2-6H2,1H3,(H,14,15). The predicted molar refractivity (Wildman–Crippen MR) is 53.5 cm³/mol. The molecule has 0 radical (unpaired) electrons. The number of rotatable bonds is 8. The summed E-state index contributed by atoms with van der Waals surface area (Å²) >= 11 is 0. The van der Waals surface area contributed by atoms with Gasteiger partial charge in [-0.05, 0) is 6.42 Å². The summed E-state index contributed by atoms with van der Waals surface area (Å²) in [6.45, 7) is 0.268. The molecule has 15 heavy (non-hydrogen) atoms. The van der Waals surface area contributed by atoms with E-state index in [-0.39, 0.29) is 0 Å². The molecule has 1 unspecified atom stereocenters. The minimum atomic E-state index is -1.34. The van der Waals surface area contributed by atoms with E-state index in [2.05, 4.69) is 5.32 Å². The van der Waals surface area contributed by atoms with Crippen LogP contribution in [0.2, 0.25) is 0 Å². The van der Waals surface area contributed by atoms with E-state index in [9.17, 15) is 4.79 Å². The van der Waals surface area contributed by atoms with E-state index in [1.165, 1.54) is 0 Å². The quantitative estimate of drug-likeness (QED) is 0.343. The number of carboxylic acids is 1. The molecule has 0 fully saturated rings. The first-order valence-electron chi connectivity index (χ1n) is 4.88. The summed E-state index contributed by atoms with van der Waals surface area (Å²) in [6.07, 6.45) is 1.03. The van der Waals surface area contributed by atoms with Gasteiger partial charge >= 0.3 is 5.97 Å². The highest BCUT2D eigenvalue weighted by molar-refractivity contribution is 5.73. The summed E-state index contributed by atoms with van der Waals surface area (Å²) in [7, 11) is 0. The topological polar surface area (TPSA) is 110 Å². The van der Waals surface area contributed by atoms with Crippen LogP contribution in [0.4, 0.5) is 0 Å². The zero-order chi connectivity index (χ0) is 11.9. The Balaban J connectivity index is 4.52. The van der Waals surface area contributed by atoms with Crippen molar-refractivity contribution in [1.82, 2.24) is 5.32 Å². The van der Waals surface area contributed by atoms with Crippen molar-refractivity contribution in [3.63, 3.8) is 0 Å². The van der Waals surface area contributed by atoms with Gasteiger partial charge in [-0.2, -0.15) is 0 Å². The Kier molecular flexibility index (Phi) is 6.42. The van der Waals surface area contributed by atoms with E-state index in [1.807, 2.05) is 6.92 Å². The van der Waals surface area contributed by atoms with Gasteiger partial charge in [0.15, 0.2) is 0 Å². The molecule has 0 aromatic rings. The number of carboxylic acid groups (broad SMARTS) is 1. The Hall–Kier alpha value is -0.690. The van der Waals surface area contributed by atoms with Crippen LogP contribution in [0, 0.1) is 0 Å². The third-order valence-corrected chi connectivity index (χ3v) is 2.26. The van der Waals surface area contributed by atoms with Crippen molar-refractivity contribution in [2.24, 2.45) is 0 Å². The van der Waals surface area contributed by atoms with Gasteiger partial charge in [0, 0.05) is 0 Å². The van der Waals surface area contributed by atoms with Crippen molar-refractivity contribution in [1.29, 1.82) is 0 Å². The van der Waals surface area contributed by atoms with Gasteiger partial charge < -0.3 is 20.4 Å². The molecule has 0 aromatic carbocycles. The maximum Gasteiger partial charge on any atom is 0.320 e.